The van der Waals surface area contributed by atoms with E-state index in [1.807, 2.05) is 0 Å². The van der Waals surface area contributed by atoms with Crippen LogP contribution in [-0.4, -0.2) is 45.0 Å². The van der Waals surface area contributed by atoms with Gasteiger partial charge in [0, 0.05) is 24.8 Å². The third-order valence-corrected chi connectivity index (χ3v) is 4.01. The molecule has 0 radical (unpaired) electrons. The van der Waals surface area contributed by atoms with Gasteiger partial charge >= 0.3 is 0 Å². The molecule has 1 amide bonds. The van der Waals surface area contributed by atoms with E-state index in [1.165, 1.54) is 0 Å². The van der Waals surface area contributed by atoms with Crippen molar-refractivity contribution >= 4 is 15.7 Å². The Labute approximate surface area is 104 Å². The average molecular weight is 264 g/mol. The highest BCUT2D eigenvalue weighted by Crippen LogP contribution is 1.90. The number of rotatable bonds is 9. The molecular weight excluding hydrogens is 240 g/mol. The van der Waals surface area contributed by atoms with Gasteiger partial charge in [0.1, 0.15) is 0 Å². The van der Waals surface area contributed by atoms with E-state index >= 15 is 0 Å². The van der Waals surface area contributed by atoms with Crippen LogP contribution in [0.5, 0.6) is 0 Å². The topological polar surface area (TPSA) is 75.3 Å². The molecule has 0 aromatic heterocycles. The van der Waals surface area contributed by atoms with Gasteiger partial charge in [0.05, 0.1) is 5.75 Å². The lowest BCUT2D eigenvalue weighted by molar-refractivity contribution is -0.121. The highest BCUT2D eigenvalue weighted by atomic mass is 32.2. The normalized spacial score (nSPS) is 11.8. The van der Waals surface area contributed by atoms with Crippen molar-refractivity contribution in [1.82, 2.24) is 10.6 Å². The fourth-order valence-corrected chi connectivity index (χ4v) is 1.92. The van der Waals surface area contributed by atoms with Gasteiger partial charge in [-0.1, -0.05) is 20.8 Å². The summed E-state index contributed by atoms with van der Waals surface area (Å²) in [5.41, 5.74) is 0. The lowest BCUT2D eigenvalue weighted by Crippen LogP contribution is -2.30. The van der Waals surface area contributed by atoms with E-state index in [2.05, 4.69) is 24.5 Å². The zero-order valence-electron chi connectivity index (χ0n) is 11.0. The first kappa shape index (κ1) is 16.4. The largest absolute Gasteiger partial charge is 0.355 e. The van der Waals surface area contributed by atoms with Crippen LogP contribution in [-0.2, 0) is 14.6 Å². The molecule has 0 saturated carbocycles. The Morgan fingerprint density at radius 1 is 1.24 bits per heavy atom. The summed E-state index contributed by atoms with van der Waals surface area (Å²) in [5, 5.41) is 5.83. The number of carbonyl (C=O) groups is 1. The maximum Gasteiger partial charge on any atom is 0.220 e. The summed E-state index contributed by atoms with van der Waals surface area (Å²) in [6, 6.07) is 0.424. The Morgan fingerprint density at radius 3 is 2.41 bits per heavy atom. The third kappa shape index (κ3) is 10.3. The molecule has 0 rings (SSSR count). The quantitative estimate of drug-likeness (QED) is 0.588. The van der Waals surface area contributed by atoms with Crippen molar-refractivity contribution in [2.45, 2.75) is 39.7 Å². The van der Waals surface area contributed by atoms with Gasteiger partial charge in [-0.25, -0.2) is 8.42 Å². The Morgan fingerprint density at radius 2 is 1.88 bits per heavy atom. The van der Waals surface area contributed by atoms with E-state index in [-0.39, 0.29) is 24.0 Å². The predicted octanol–water partition coefficient (Wildman–Crippen LogP) is 0.316. The Kier molecular flexibility index (Phi) is 8.16. The second-order valence-corrected chi connectivity index (χ2v) is 6.77. The Hall–Kier alpha value is -0.620. The molecule has 17 heavy (non-hydrogen) atoms. The number of amides is 1. The van der Waals surface area contributed by atoms with Crippen LogP contribution in [0, 0.1) is 0 Å². The minimum absolute atomic E-state index is 0.0273. The lowest BCUT2D eigenvalue weighted by atomic mass is 10.3. The maximum absolute atomic E-state index is 11.3. The van der Waals surface area contributed by atoms with Gasteiger partial charge in [-0.3, -0.25) is 4.79 Å². The molecule has 0 bridgehead atoms. The number of hydrogen-bond donors (Lipinski definition) is 2. The number of carbonyl (C=O) groups excluding carboxylic acids is 1. The molecule has 0 aromatic rings. The Balaban J connectivity index is 3.54. The minimum Gasteiger partial charge on any atom is -0.355 e. The number of sulfone groups is 1. The van der Waals surface area contributed by atoms with Gasteiger partial charge in [0.25, 0.3) is 0 Å². The molecule has 0 unspecified atom stereocenters. The van der Waals surface area contributed by atoms with E-state index in [4.69, 9.17) is 0 Å². The van der Waals surface area contributed by atoms with Crippen LogP contribution in [0.2, 0.25) is 0 Å². The zero-order valence-corrected chi connectivity index (χ0v) is 11.8. The second-order valence-electron chi connectivity index (χ2n) is 4.30. The molecule has 0 heterocycles. The summed E-state index contributed by atoms with van der Waals surface area (Å²) in [6.45, 7) is 6.73. The second kappa shape index (κ2) is 8.47. The van der Waals surface area contributed by atoms with E-state index in [0.29, 0.717) is 12.5 Å². The molecule has 6 heteroatoms. The fourth-order valence-electron chi connectivity index (χ4n) is 1.22. The number of nitrogens with one attached hydrogen (secondary N) is 2. The van der Waals surface area contributed by atoms with Crippen LogP contribution in [0.15, 0.2) is 0 Å². The molecular formula is C11H24N2O3S. The van der Waals surface area contributed by atoms with E-state index in [0.717, 1.165) is 13.0 Å². The summed E-state index contributed by atoms with van der Waals surface area (Å²) < 4.78 is 22.3. The molecule has 0 aliphatic heterocycles. The van der Waals surface area contributed by atoms with Crippen LogP contribution < -0.4 is 10.6 Å². The lowest BCUT2D eigenvalue weighted by Gasteiger charge is -2.08. The molecule has 0 saturated heterocycles. The molecule has 2 N–H and O–H groups in total. The van der Waals surface area contributed by atoms with Crippen molar-refractivity contribution in [2.24, 2.45) is 0 Å². The van der Waals surface area contributed by atoms with Gasteiger partial charge in [-0.2, -0.15) is 0 Å². The highest BCUT2D eigenvalue weighted by Gasteiger charge is 2.08. The molecule has 102 valence electrons. The standard InChI is InChI=1S/C11H24N2O3S/c1-4-17(15,16)9-8-13-11(14)6-5-7-12-10(2)3/h10,12H,4-9H2,1-3H3,(H,13,14). The first-order chi connectivity index (χ1) is 7.87. The smallest absolute Gasteiger partial charge is 0.220 e. The summed E-state index contributed by atoms with van der Waals surface area (Å²) >= 11 is 0. The van der Waals surface area contributed by atoms with Gasteiger partial charge in [0.15, 0.2) is 9.84 Å². The van der Waals surface area contributed by atoms with E-state index in [1.54, 1.807) is 6.92 Å². The van der Waals surface area contributed by atoms with Gasteiger partial charge in [0.2, 0.25) is 5.91 Å². The summed E-state index contributed by atoms with van der Waals surface area (Å²) in [7, 11) is -2.98. The van der Waals surface area contributed by atoms with Crippen molar-refractivity contribution in [2.75, 3.05) is 24.6 Å². The van der Waals surface area contributed by atoms with Crippen molar-refractivity contribution in [3.63, 3.8) is 0 Å². The molecule has 5 nitrogen and oxygen atoms in total. The molecule has 0 atom stereocenters. The Bertz CT molecular complexity index is 313. The molecule has 0 aliphatic rings. The van der Waals surface area contributed by atoms with Crippen LogP contribution >= 0.6 is 0 Å². The SMILES string of the molecule is CCS(=O)(=O)CCNC(=O)CCCNC(C)C. The summed E-state index contributed by atoms with van der Waals surface area (Å²) in [4.78, 5) is 11.3. The van der Waals surface area contributed by atoms with Crippen LogP contribution in [0.25, 0.3) is 0 Å². The molecule has 0 aliphatic carbocycles. The first-order valence-corrected chi connectivity index (χ1v) is 7.90. The van der Waals surface area contributed by atoms with E-state index in [9.17, 15) is 13.2 Å². The van der Waals surface area contributed by atoms with Crippen LogP contribution in [0.3, 0.4) is 0 Å². The monoisotopic (exact) mass is 264 g/mol. The van der Waals surface area contributed by atoms with Gasteiger partial charge in [-0.15, -0.1) is 0 Å². The molecule has 0 spiro atoms. The van der Waals surface area contributed by atoms with Crippen LogP contribution in [0.1, 0.15) is 33.6 Å². The third-order valence-electron chi connectivity index (χ3n) is 2.31. The van der Waals surface area contributed by atoms with Gasteiger partial charge in [-0.05, 0) is 13.0 Å². The highest BCUT2D eigenvalue weighted by molar-refractivity contribution is 7.91. The summed E-state index contributed by atoms with van der Waals surface area (Å²) in [6.07, 6.45) is 1.20. The maximum atomic E-state index is 11.3. The average Bonchev–Trinajstić information content (AvgIpc) is 2.24. The van der Waals surface area contributed by atoms with Crippen molar-refractivity contribution in [1.29, 1.82) is 0 Å². The van der Waals surface area contributed by atoms with Crippen molar-refractivity contribution in [3.05, 3.63) is 0 Å². The van der Waals surface area contributed by atoms with E-state index < -0.39 is 9.84 Å². The molecule has 0 fully saturated rings. The van der Waals surface area contributed by atoms with Crippen LogP contribution in [0.4, 0.5) is 0 Å². The van der Waals surface area contributed by atoms with Crippen molar-refractivity contribution < 1.29 is 13.2 Å². The zero-order chi connectivity index (χ0) is 13.3. The van der Waals surface area contributed by atoms with Crippen molar-refractivity contribution in [3.8, 4) is 0 Å². The number of hydrogen-bond acceptors (Lipinski definition) is 4. The molecule has 0 aromatic carbocycles. The summed E-state index contributed by atoms with van der Waals surface area (Å²) in [5.74, 6) is 0.0718. The fraction of sp³-hybridized carbons (Fsp3) is 0.909. The van der Waals surface area contributed by atoms with Gasteiger partial charge < -0.3 is 10.6 Å². The predicted molar refractivity (Wildman–Crippen MR) is 69.7 cm³/mol. The first-order valence-electron chi connectivity index (χ1n) is 6.08. The minimum atomic E-state index is -2.98.